The number of amides is 1. The lowest BCUT2D eigenvalue weighted by Gasteiger charge is -2.27. The lowest BCUT2D eigenvalue weighted by atomic mass is 9.79. The highest BCUT2D eigenvalue weighted by Crippen LogP contribution is 2.37. The molecule has 2 N–H and O–H groups in total. The van der Waals surface area contributed by atoms with Crippen LogP contribution >= 0.6 is 0 Å². The third-order valence-corrected chi connectivity index (χ3v) is 7.08. The highest BCUT2D eigenvalue weighted by Gasteiger charge is 2.32. The van der Waals surface area contributed by atoms with E-state index in [0.29, 0.717) is 5.56 Å². The summed E-state index contributed by atoms with van der Waals surface area (Å²) < 4.78 is 7.21. The Morgan fingerprint density at radius 1 is 1.06 bits per heavy atom. The van der Waals surface area contributed by atoms with E-state index in [0.717, 1.165) is 41.8 Å². The number of benzene rings is 2. The van der Waals surface area contributed by atoms with Crippen LogP contribution in [0.5, 0.6) is 11.6 Å². The highest BCUT2D eigenvalue weighted by molar-refractivity contribution is 5.84. The lowest BCUT2D eigenvalue weighted by molar-refractivity contribution is -0.130. The first-order valence-electron chi connectivity index (χ1n) is 12.0. The van der Waals surface area contributed by atoms with Gasteiger partial charge in [0.15, 0.2) is 5.88 Å². The smallest absolute Gasteiger partial charge is 0.230 e. The molecule has 1 atom stereocenters. The van der Waals surface area contributed by atoms with E-state index in [-0.39, 0.29) is 23.2 Å². The second kappa shape index (κ2) is 11.1. The van der Waals surface area contributed by atoms with E-state index < -0.39 is 0 Å². The van der Waals surface area contributed by atoms with Crippen LogP contribution in [0, 0.1) is 5.41 Å². The van der Waals surface area contributed by atoms with Crippen LogP contribution in [0.1, 0.15) is 64.1 Å². The van der Waals surface area contributed by atoms with Crippen LogP contribution in [-0.2, 0) is 4.79 Å². The number of methoxy groups -OCH3 is 1. The fourth-order valence-electron chi connectivity index (χ4n) is 4.50. The van der Waals surface area contributed by atoms with Crippen LogP contribution in [0.15, 0.2) is 66.9 Å². The van der Waals surface area contributed by atoms with Gasteiger partial charge in [0.2, 0.25) is 5.91 Å². The molecular formula is C29H36N2O3. The Morgan fingerprint density at radius 3 is 2.24 bits per heavy atom. The first kappa shape index (κ1) is 25.2. The Labute approximate surface area is 203 Å². The van der Waals surface area contributed by atoms with Crippen molar-refractivity contribution in [1.82, 2.24) is 9.88 Å². The summed E-state index contributed by atoms with van der Waals surface area (Å²) in [7, 11) is 1.65. The lowest BCUT2D eigenvalue weighted by Crippen LogP contribution is -2.37. The van der Waals surface area contributed by atoms with Crippen molar-refractivity contribution in [2.45, 2.75) is 53.0 Å². The standard InChI is InChI=1S/C29H36N2O3/c1-6-29(7-2,8-3)28(33)30-19-18-24-20-26(23-12-10-9-11-13-23)31(27(24)32)21(4)22-14-16-25(34-5)17-15-22/h9-21,32H,6-8H2,1-5H3,(H,30,33)/b19-18+/t21-/m0/s1. The van der Waals surface area contributed by atoms with Crippen LogP contribution in [0.4, 0.5) is 0 Å². The van der Waals surface area contributed by atoms with Gasteiger partial charge in [-0.1, -0.05) is 63.2 Å². The minimum atomic E-state index is -0.365. The zero-order valence-electron chi connectivity index (χ0n) is 20.8. The van der Waals surface area contributed by atoms with Crippen molar-refractivity contribution in [3.8, 4) is 22.9 Å². The van der Waals surface area contributed by atoms with E-state index in [2.05, 4.69) is 33.0 Å². The molecule has 0 saturated carbocycles. The molecule has 3 rings (SSSR count). The number of carbonyl (C=O) groups excluding carboxylic acids is 1. The molecule has 0 bridgehead atoms. The average molecular weight is 461 g/mol. The molecule has 180 valence electrons. The van der Waals surface area contributed by atoms with Crippen molar-refractivity contribution in [3.63, 3.8) is 0 Å². The van der Waals surface area contributed by atoms with Crippen molar-refractivity contribution in [1.29, 1.82) is 0 Å². The fraction of sp³-hybridized carbons (Fsp3) is 0.345. The quantitative estimate of drug-likeness (QED) is 0.350. The van der Waals surface area contributed by atoms with Crippen LogP contribution in [0.25, 0.3) is 17.3 Å². The molecule has 5 nitrogen and oxygen atoms in total. The first-order valence-corrected chi connectivity index (χ1v) is 12.0. The summed E-state index contributed by atoms with van der Waals surface area (Å²) in [6.07, 6.45) is 5.78. The normalized spacial score (nSPS) is 12.6. The largest absolute Gasteiger partial charge is 0.497 e. The zero-order chi connectivity index (χ0) is 24.7. The van der Waals surface area contributed by atoms with Crippen molar-refractivity contribution in [2.75, 3.05) is 7.11 Å². The van der Waals surface area contributed by atoms with E-state index in [1.54, 1.807) is 19.4 Å². The number of nitrogens with one attached hydrogen (secondary N) is 1. The predicted molar refractivity (Wildman–Crippen MR) is 139 cm³/mol. The molecule has 0 fully saturated rings. The summed E-state index contributed by atoms with van der Waals surface area (Å²) >= 11 is 0. The Hall–Kier alpha value is -3.47. The number of hydrogen-bond donors (Lipinski definition) is 2. The summed E-state index contributed by atoms with van der Waals surface area (Å²) in [4.78, 5) is 12.8. The molecule has 2 aromatic carbocycles. The van der Waals surface area contributed by atoms with Crippen molar-refractivity contribution >= 4 is 12.0 Å². The summed E-state index contributed by atoms with van der Waals surface area (Å²) in [6.45, 7) is 8.21. The number of aromatic nitrogens is 1. The van der Waals surface area contributed by atoms with Crippen molar-refractivity contribution < 1.29 is 14.6 Å². The van der Waals surface area contributed by atoms with E-state index in [1.165, 1.54) is 0 Å². The second-order valence-corrected chi connectivity index (χ2v) is 8.64. The molecular weight excluding hydrogens is 424 g/mol. The molecule has 0 aliphatic carbocycles. The summed E-state index contributed by atoms with van der Waals surface area (Å²) in [5.74, 6) is 0.961. The van der Waals surface area contributed by atoms with Gasteiger partial charge in [0.1, 0.15) is 5.75 Å². The zero-order valence-corrected chi connectivity index (χ0v) is 20.8. The second-order valence-electron chi connectivity index (χ2n) is 8.64. The topological polar surface area (TPSA) is 63.5 Å². The van der Waals surface area contributed by atoms with Gasteiger partial charge in [-0.2, -0.15) is 0 Å². The maximum atomic E-state index is 12.8. The van der Waals surface area contributed by atoms with Gasteiger partial charge in [0.05, 0.1) is 18.8 Å². The molecule has 0 aliphatic rings. The van der Waals surface area contributed by atoms with Gasteiger partial charge in [0, 0.05) is 17.2 Å². The molecule has 1 aromatic heterocycles. The first-order chi connectivity index (χ1) is 16.4. The third-order valence-electron chi connectivity index (χ3n) is 7.08. The number of hydrogen-bond acceptors (Lipinski definition) is 3. The molecule has 0 spiro atoms. The minimum Gasteiger partial charge on any atom is -0.497 e. The minimum absolute atomic E-state index is 0.0186. The SMILES string of the molecule is CCC(CC)(CC)C(=O)N/C=C/c1cc(-c2ccccc2)n([C@@H](C)c2ccc(OC)cc2)c1O. The molecule has 0 unspecified atom stereocenters. The van der Waals surface area contributed by atoms with Gasteiger partial charge < -0.3 is 19.7 Å². The van der Waals surface area contributed by atoms with Crippen LogP contribution < -0.4 is 10.1 Å². The van der Waals surface area contributed by atoms with Gasteiger partial charge in [-0.25, -0.2) is 0 Å². The summed E-state index contributed by atoms with van der Waals surface area (Å²) in [5, 5.41) is 14.2. The molecule has 0 aliphatic heterocycles. The Balaban J connectivity index is 1.97. The molecule has 0 radical (unpaired) electrons. The van der Waals surface area contributed by atoms with Crippen LogP contribution in [0.3, 0.4) is 0 Å². The number of carbonyl (C=O) groups is 1. The third kappa shape index (κ3) is 5.04. The molecule has 5 heteroatoms. The fourth-order valence-corrected chi connectivity index (χ4v) is 4.50. The maximum absolute atomic E-state index is 12.8. The van der Waals surface area contributed by atoms with Gasteiger partial charge in [-0.3, -0.25) is 4.79 Å². The van der Waals surface area contributed by atoms with E-state index in [4.69, 9.17) is 4.74 Å². The van der Waals surface area contributed by atoms with Gasteiger partial charge in [-0.15, -0.1) is 0 Å². The average Bonchev–Trinajstić information content (AvgIpc) is 3.21. The summed E-state index contributed by atoms with van der Waals surface area (Å²) in [6, 6.07) is 19.7. The number of ether oxygens (including phenoxy) is 1. The van der Waals surface area contributed by atoms with Gasteiger partial charge >= 0.3 is 0 Å². The highest BCUT2D eigenvalue weighted by atomic mass is 16.5. The summed E-state index contributed by atoms with van der Waals surface area (Å²) in [5.41, 5.74) is 3.23. The predicted octanol–water partition coefficient (Wildman–Crippen LogP) is 6.78. The molecule has 3 aromatic rings. The number of nitrogens with zero attached hydrogens (tertiary/aromatic N) is 1. The van der Waals surface area contributed by atoms with Crippen LogP contribution in [0.2, 0.25) is 0 Å². The Morgan fingerprint density at radius 2 is 1.68 bits per heavy atom. The van der Waals surface area contributed by atoms with Gasteiger partial charge in [-0.05, 0) is 61.6 Å². The van der Waals surface area contributed by atoms with Crippen molar-refractivity contribution in [3.05, 3.63) is 78.0 Å². The molecule has 0 saturated heterocycles. The maximum Gasteiger partial charge on any atom is 0.230 e. The van der Waals surface area contributed by atoms with Crippen molar-refractivity contribution in [2.24, 2.45) is 5.41 Å². The van der Waals surface area contributed by atoms with E-state index in [9.17, 15) is 9.90 Å². The van der Waals surface area contributed by atoms with E-state index in [1.807, 2.05) is 65.2 Å². The van der Waals surface area contributed by atoms with E-state index >= 15 is 0 Å². The molecule has 34 heavy (non-hydrogen) atoms. The molecule has 1 heterocycles. The number of rotatable bonds is 10. The monoisotopic (exact) mass is 460 g/mol. The van der Waals surface area contributed by atoms with Gasteiger partial charge in [0.25, 0.3) is 0 Å². The Kier molecular flexibility index (Phi) is 8.21. The van der Waals surface area contributed by atoms with Crippen LogP contribution in [-0.4, -0.2) is 22.7 Å². The Bertz CT molecular complexity index is 1100. The molecule has 1 amide bonds. The number of aromatic hydroxyl groups is 1.